The molecule has 1 aliphatic heterocycles. The van der Waals surface area contributed by atoms with E-state index in [4.69, 9.17) is 14.2 Å². The molecular weight excluding hydrogens is 306 g/mol. The Morgan fingerprint density at radius 2 is 2.29 bits per heavy atom. The lowest BCUT2D eigenvalue weighted by Gasteiger charge is -2.42. The minimum Gasteiger partial charge on any atom is -0.455 e. The molecule has 5 heteroatoms. The van der Waals surface area contributed by atoms with Crippen LogP contribution in [0.4, 0.5) is 0 Å². The number of nitrogens with zero attached hydrogens (tertiary/aromatic N) is 1. The predicted molar refractivity (Wildman–Crippen MR) is 87.3 cm³/mol. The van der Waals surface area contributed by atoms with Crippen molar-refractivity contribution in [3.05, 3.63) is 41.7 Å². The number of ether oxygens (including phenoxy) is 3. The number of methoxy groups -OCH3 is 1. The van der Waals surface area contributed by atoms with Crippen molar-refractivity contribution < 1.29 is 19.0 Å². The summed E-state index contributed by atoms with van der Waals surface area (Å²) in [5.74, 6) is 0.0156. The molecule has 5 nitrogen and oxygen atoms in total. The largest absolute Gasteiger partial charge is 0.455 e. The van der Waals surface area contributed by atoms with Gasteiger partial charge in [-0.1, -0.05) is 6.07 Å². The van der Waals surface area contributed by atoms with E-state index in [-0.39, 0.29) is 18.0 Å². The summed E-state index contributed by atoms with van der Waals surface area (Å²) in [5.41, 5.74) is 0.789. The molecule has 1 saturated heterocycles. The summed E-state index contributed by atoms with van der Waals surface area (Å²) in [7, 11) is 1.69. The highest BCUT2D eigenvalue weighted by molar-refractivity contribution is 5.94. The lowest BCUT2D eigenvalue weighted by molar-refractivity contribution is -0.142. The summed E-state index contributed by atoms with van der Waals surface area (Å²) < 4.78 is 17.7. The Kier molecular flexibility index (Phi) is 3.73. The zero-order valence-electron chi connectivity index (χ0n) is 14.2. The first-order valence-electron chi connectivity index (χ1n) is 8.60. The Balaban J connectivity index is 1.60. The van der Waals surface area contributed by atoms with Gasteiger partial charge in [-0.3, -0.25) is 4.98 Å². The van der Waals surface area contributed by atoms with Gasteiger partial charge in [-0.05, 0) is 56.2 Å². The van der Waals surface area contributed by atoms with Crippen molar-refractivity contribution in [1.29, 1.82) is 0 Å². The summed E-state index contributed by atoms with van der Waals surface area (Å²) in [6, 6.07) is 3.97. The van der Waals surface area contributed by atoms with Crippen LogP contribution in [0.25, 0.3) is 0 Å². The molecule has 4 atom stereocenters. The molecule has 0 radical (unpaired) electrons. The Morgan fingerprint density at radius 1 is 1.42 bits per heavy atom. The number of carbonyl (C=O) groups excluding carboxylic acids is 1. The van der Waals surface area contributed by atoms with Gasteiger partial charge in [0.25, 0.3) is 0 Å². The van der Waals surface area contributed by atoms with Crippen LogP contribution in [0.1, 0.15) is 31.7 Å². The summed E-state index contributed by atoms with van der Waals surface area (Å²) in [4.78, 5) is 16.5. The molecule has 128 valence electrons. The Labute approximate surface area is 142 Å². The number of rotatable bonds is 5. The molecule has 1 unspecified atom stereocenters. The maximum atomic E-state index is 12.4. The van der Waals surface area contributed by atoms with E-state index in [1.54, 1.807) is 13.3 Å². The van der Waals surface area contributed by atoms with Crippen molar-refractivity contribution >= 4 is 5.97 Å². The second-order valence-corrected chi connectivity index (χ2v) is 7.20. The van der Waals surface area contributed by atoms with Gasteiger partial charge in [-0.2, -0.15) is 0 Å². The predicted octanol–water partition coefficient (Wildman–Crippen LogP) is 2.45. The zero-order chi connectivity index (χ0) is 16.8. The first-order chi connectivity index (χ1) is 11.6. The lowest BCUT2D eigenvalue weighted by Crippen LogP contribution is -2.51. The Hall–Kier alpha value is -1.72. The van der Waals surface area contributed by atoms with Gasteiger partial charge >= 0.3 is 5.97 Å². The van der Waals surface area contributed by atoms with E-state index in [0.29, 0.717) is 12.2 Å². The monoisotopic (exact) mass is 329 g/mol. The second kappa shape index (κ2) is 5.67. The highest BCUT2D eigenvalue weighted by Gasteiger charge is 2.65. The maximum Gasteiger partial charge on any atom is 0.337 e. The standard InChI is InChI=1S/C19H23NO4/c1-18(22-2)10-14-5-6-16-19(14,15(11-18)17(21)24-16)23-9-7-13-4-3-8-20-12-13/h3-4,8,11-12,14,16H,5-7,9-10H2,1-2H3/t14?,16-,18+,19+/m1/s1. The Morgan fingerprint density at radius 3 is 3.04 bits per heavy atom. The molecule has 2 fully saturated rings. The third-order valence-electron chi connectivity index (χ3n) is 5.77. The average molecular weight is 329 g/mol. The summed E-state index contributed by atoms with van der Waals surface area (Å²) in [6.45, 7) is 2.58. The molecule has 1 saturated carbocycles. The van der Waals surface area contributed by atoms with Gasteiger partial charge in [-0.25, -0.2) is 4.79 Å². The molecule has 0 spiro atoms. The van der Waals surface area contributed by atoms with Crippen LogP contribution in [0.15, 0.2) is 36.2 Å². The van der Waals surface area contributed by atoms with Crippen molar-refractivity contribution in [1.82, 2.24) is 4.98 Å². The van der Waals surface area contributed by atoms with E-state index in [2.05, 4.69) is 4.98 Å². The molecule has 0 N–H and O–H groups in total. The van der Waals surface area contributed by atoms with Gasteiger partial charge in [0, 0.05) is 19.5 Å². The minimum atomic E-state index is -0.586. The van der Waals surface area contributed by atoms with Gasteiger partial charge in [0.2, 0.25) is 0 Å². The van der Waals surface area contributed by atoms with Crippen LogP contribution in [-0.2, 0) is 25.4 Å². The molecule has 1 aromatic heterocycles. The molecule has 24 heavy (non-hydrogen) atoms. The van der Waals surface area contributed by atoms with Gasteiger partial charge in [0.1, 0.15) is 11.7 Å². The van der Waals surface area contributed by atoms with Crippen molar-refractivity contribution in [3.8, 4) is 0 Å². The average Bonchev–Trinajstić information content (AvgIpc) is 3.06. The van der Waals surface area contributed by atoms with E-state index in [1.807, 2.05) is 31.3 Å². The molecule has 1 aromatic rings. The van der Waals surface area contributed by atoms with Crippen LogP contribution in [0.5, 0.6) is 0 Å². The quantitative estimate of drug-likeness (QED) is 0.777. The van der Waals surface area contributed by atoms with Crippen LogP contribution in [-0.4, -0.2) is 42.0 Å². The third-order valence-corrected chi connectivity index (χ3v) is 5.77. The van der Waals surface area contributed by atoms with Gasteiger partial charge < -0.3 is 14.2 Å². The first kappa shape index (κ1) is 15.8. The van der Waals surface area contributed by atoms with Gasteiger partial charge in [0.05, 0.1) is 17.8 Å². The zero-order valence-corrected chi connectivity index (χ0v) is 14.2. The van der Waals surface area contributed by atoms with Crippen LogP contribution in [0, 0.1) is 5.92 Å². The fourth-order valence-electron chi connectivity index (χ4n) is 4.53. The highest BCUT2D eigenvalue weighted by Crippen LogP contribution is 2.56. The Bertz CT molecular complexity index is 673. The van der Waals surface area contributed by atoms with Gasteiger partial charge in [0.15, 0.2) is 0 Å². The van der Waals surface area contributed by atoms with E-state index >= 15 is 0 Å². The van der Waals surface area contributed by atoms with E-state index in [1.165, 1.54) is 0 Å². The second-order valence-electron chi connectivity index (χ2n) is 7.20. The molecule has 4 rings (SSSR count). The van der Waals surface area contributed by atoms with Crippen molar-refractivity contribution in [3.63, 3.8) is 0 Å². The highest BCUT2D eigenvalue weighted by atomic mass is 16.6. The van der Waals surface area contributed by atoms with Crippen LogP contribution >= 0.6 is 0 Å². The molecule has 3 aliphatic rings. The fourth-order valence-corrected chi connectivity index (χ4v) is 4.53. The number of aromatic nitrogens is 1. The number of hydrogen-bond donors (Lipinski definition) is 0. The fraction of sp³-hybridized carbons (Fsp3) is 0.579. The molecule has 0 amide bonds. The molecule has 0 aromatic carbocycles. The molecular formula is C19H23NO4. The normalized spacial score (nSPS) is 37.1. The van der Waals surface area contributed by atoms with E-state index in [0.717, 1.165) is 31.2 Å². The first-order valence-corrected chi connectivity index (χ1v) is 8.60. The van der Waals surface area contributed by atoms with E-state index < -0.39 is 11.2 Å². The molecule has 2 heterocycles. The minimum absolute atomic E-state index is 0.156. The van der Waals surface area contributed by atoms with Gasteiger partial charge in [-0.15, -0.1) is 0 Å². The summed E-state index contributed by atoms with van der Waals surface area (Å²) >= 11 is 0. The number of hydrogen-bond acceptors (Lipinski definition) is 5. The topological polar surface area (TPSA) is 57.7 Å². The number of esters is 1. The maximum absolute atomic E-state index is 12.4. The SMILES string of the molecule is CO[C@]1(C)C=C2C(=O)O[C@@H]3CCC(C1)[C@]23OCCc1cccnc1. The van der Waals surface area contributed by atoms with Crippen LogP contribution in [0.3, 0.4) is 0 Å². The number of carbonyl (C=O) groups is 1. The van der Waals surface area contributed by atoms with Crippen molar-refractivity contribution in [2.45, 2.75) is 49.9 Å². The van der Waals surface area contributed by atoms with E-state index in [9.17, 15) is 4.79 Å². The summed E-state index contributed by atoms with van der Waals surface area (Å²) in [5, 5.41) is 0. The van der Waals surface area contributed by atoms with Crippen LogP contribution < -0.4 is 0 Å². The lowest BCUT2D eigenvalue weighted by atomic mass is 9.71. The van der Waals surface area contributed by atoms with Crippen molar-refractivity contribution in [2.24, 2.45) is 5.92 Å². The smallest absolute Gasteiger partial charge is 0.337 e. The number of pyridine rings is 1. The van der Waals surface area contributed by atoms with Crippen LogP contribution in [0.2, 0.25) is 0 Å². The molecule has 2 aliphatic carbocycles. The molecule has 0 bridgehead atoms. The van der Waals surface area contributed by atoms with Crippen molar-refractivity contribution in [2.75, 3.05) is 13.7 Å². The third kappa shape index (κ3) is 2.30. The summed E-state index contributed by atoms with van der Waals surface area (Å²) in [6.07, 6.45) is 8.89.